The predicted octanol–water partition coefficient (Wildman–Crippen LogP) is 4.63. The van der Waals surface area contributed by atoms with E-state index < -0.39 is 0 Å². The molecule has 1 aromatic heterocycles. The number of nitrogens with one attached hydrogen (secondary N) is 1. The molecule has 140 valence electrons. The molecule has 0 spiro atoms. The summed E-state index contributed by atoms with van der Waals surface area (Å²) in [5, 5.41) is 6.23. The van der Waals surface area contributed by atoms with E-state index in [1.54, 1.807) is 11.3 Å². The van der Waals surface area contributed by atoms with Crippen LogP contribution >= 0.6 is 23.7 Å². The van der Waals surface area contributed by atoms with Gasteiger partial charge in [0.15, 0.2) is 0 Å². The molecule has 2 saturated carbocycles. The van der Waals surface area contributed by atoms with Crippen LogP contribution in [-0.2, 0) is 4.79 Å². The minimum Gasteiger partial charge on any atom is -0.327 e. The number of nitrogens with two attached hydrogens (primary N) is 1. The number of carbonyl (C=O) groups excluding carboxylic acids is 1. The first-order valence-corrected chi connectivity index (χ1v) is 10.1. The number of halogens is 1. The molecular weight excluding hydrogens is 366 g/mol. The van der Waals surface area contributed by atoms with Gasteiger partial charge in [-0.05, 0) is 56.6 Å². The smallest absolute Gasteiger partial charge is 0.227 e. The van der Waals surface area contributed by atoms with E-state index in [2.05, 4.69) is 15.7 Å². The maximum atomic E-state index is 12.8. The van der Waals surface area contributed by atoms with E-state index in [4.69, 9.17) is 5.73 Å². The number of benzene rings is 1. The number of thiazole rings is 1. The quantitative estimate of drug-likeness (QED) is 0.801. The van der Waals surface area contributed by atoms with E-state index in [-0.39, 0.29) is 24.2 Å². The molecule has 1 aromatic carbocycles. The van der Waals surface area contributed by atoms with Gasteiger partial charge in [0.25, 0.3) is 0 Å². The Kier molecular flexibility index (Phi) is 6.00. The minimum absolute atomic E-state index is 0. The molecule has 2 unspecified atom stereocenters. The van der Waals surface area contributed by atoms with Crippen molar-refractivity contribution in [3.05, 3.63) is 34.7 Å². The van der Waals surface area contributed by atoms with Gasteiger partial charge in [0.2, 0.25) is 5.91 Å². The van der Waals surface area contributed by atoms with Crippen molar-refractivity contribution in [2.45, 2.75) is 45.1 Å². The summed E-state index contributed by atoms with van der Waals surface area (Å²) < 4.78 is 0. The van der Waals surface area contributed by atoms with Crippen molar-refractivity contribution in [1.29, 1.82) is 0 Å². The largest absolute Gasteiger partial charge is 0.327 e. The number of aromatic nitrogens is 1. The average Bonchev–Trinajstić information content (AvgIpc) is 3.01. The summed E-state index contributed by atoms with van der Waals surface area (Å²) in [6, 6.07) is 8.28. The van der Waals surface area contributed by atoms with Crippen molar-refractivity contribution in [1.82, 2.24) is 4.98 Å². The van der Waals surface area contributed by atoms with Crippen LogP contribution in [0, 0.1) is 24.7 Å². The predicted molar refractivity (Wildman–Crippen MR) is 110 cm³/mol. The molecule has 26 heavy (non-hydrogen) atoms. The van der Waals surface area contributed by atoms with Gasteiger partial charge in [0.1, 0.15) is 0 Å². The molecule has 2 bridgehead atoms. The Bertz CT molecular complexity index is 764. The number of anilines is 1. The van der Waals surface area contributed by atoms with E-state index in [1.807, 2.05) is 31.2 Å². The highest BCUT2D eigenvalue weighted by Crippen LogP contribution is 2.42. The second-order valence-electron chi connectivity index (χ2n) is 7.52. The fourth-order valence-corrected chi connectivity index (χ4v) is 5.12. The van der Waals surface area contributed by atoms with Gasteiger partial charge in [-0.2, -0.15) is 0 Å². The van der Waals surface area contributed by atoms with Crippen molar-refractivity contribution in [2.24, 2.45) is 23.5 Å². The summed E-state index contributed by atoms with van der Waals surface area (Å²) in [5.41, 5.74) is 9.22. The Hall–Kier alpha value is -1.43. The van der Waals surface area contributed by atoms with Crippen LogP contribution in [0.15, 0.2) is 29.6 Å². The third-order valence-electron chi connectivity index (χ3n) is 5.83. The van der Waals surface area contributed by atoms with Crippen LogP contribution in [0.1, 0.15) is 37.1 Å². The van der Waals surface area contributed by atoms with Gasteiger partial charge in [-0.15, -0.1) is 23.7 Å². The molecule has 0 aliphatic heterocycles. The molecule has 6 heteroatoms. The van der Waals surface area contributed by atoms with E-state index in [0.717, 1.165) is 34.8 Å². The zero-order valence-corrected chi connectivity index (χ0v) is 16.6. The van der Waals surface area contributed by atoms with Crippen LogP contribution < -0.4 is 11.1 Å². The van der Waals surface area contributed by atoms with E-state index in [1.165, 1.54) is 19.3 Å². The lowest BCUT2D eigenvalue weighted by atomic mass is 9.65. The zero-order chi connectivity index (χ0) is 17.4. The second-order valence-corrected chi connectivity index (χ2v) is 8.58. The number of aryl methyl sites for hydroxylation is 1. The van der Waals surface area contributed by atoms with Gasteiger partial charge in [-0.3, -0.25) is 4.79 Å². The van der Waals surface area contributed by atoms with Crippen LogP contribution in [0.3, 0.4) is 0 Å². The van der Waals surface area contributed by atoms with Crippen molar-refractivity contribution >= 4 is 35.3 Å². The minimum atomic E-state index is 0. The monoisotopic (exact) mass is 391 g/mol. The van der Waals surface area contributed by atoms with Crippen LogP contribution in [-0.4, -0.2) is 16.9 Å². The number of amides is 1. The molecule has 4 rings (SSSR count). The summed E-state index contributed by atoms with van der Waals surface area (Å²) in [6.45, 7) is 2.00. The molecular formula is C20H26ClN3OS. The number of hydrogen-bond donors (Lipinski definition) is 2. The van der Waals surface area contributed by atoms with Crippen molar-refractivity contribution in [3.63, 3.8) is 0 Å². The highest BCUT2D eigenvalue weighted by molar-refractivity contribution is 7.09. The van der Waals surface area contributed by atoms with E-state index in [0.29, 0.717) is 17.9 Å². The highest BCUT2D eigenvalue weighted by atomic mass is 35.5. The fraction of sp³-hybridized carbons (Fsp3) is 0.500. The van der Waals surface area contributed by atoms with Crippen molar-refractivity contribution < 1.29 is 4.79 Å². The zero-order valence-electron chi connectivity index (χ0n) is 15.0. The molecule has 0 saturated heterocycles. The second kappa shape index (κ2) is 8.07. The first kappa shape index (κ1) is 19.3. The molecule has 2 fully saturated rings. The lowest BCUT2D eigenvalue weighted by Crippen LogP contribution is -2.48. The molecule has 2 aliphatic carbocycles. The summed E-state index contributed by atoms with van der Waals surface area (Å²) in [5.74, 6) is 1.29. The van der Waals surface area contributed by atoms with Crippen molar-refractivity contribution in [3.8, 4) is 11.3 Å². The number of carbonyl (C=O) groups is 1. The molecule has 2 aliphatic rings. The molecule has 3 N–H and O–H groups in total. The Balaban J connectivity index is 0.00000196. The topological polar surface area (TPSA) is 68.0 Å². The van der Waals surface area contributed by atoms with Gasteiger partial charge in [-0.25, -0.2) is 4.98 Å². The number of hydrogen-bond acceptors (Lipinski definition) is 4. The number of fused-ring (bicyclic) bond motifs is 2. The molecule has 0 radical (unpaired) electrons. The van der Waals surface area contributed by atoms with Gasteiger partial charge < -0.3 is 11.1 Å². The Morgan fingerprint density at radius 3 is 2.65 bits per heavy atom. The van der Waals surface area contributed by atoms with Crippen LogP contribution in [0.5, 0.6) is 0 Å². The maximum absolute atomic E-state index is 12.8. The van der Waals surface area contributed by atoms with Crippen LogP contribution in [0.25, 0.3) is 11.3 Å². The summed E-state index contributed by atoms with van der Waals surface area (Å²) in [4.78, 5) is 17.3. The SMILES string of the molecule is Cc1nc(-c2cccc(NC(=O)C3CC4CCCC(C3)C4N)c2)cs1.Cl. The third-order valence-corrected chi connectivity index (χ3v) is 6.60. The number of rotatable bonds is 3. The van der Waals surface area contributed by atoms with E-state index >= 15 is 0 Å². The van der Waals surface area contributed by atoms with Crippen molar-refractivity contribution in [2.75, 3.05) is 5.32 Å². The Morgan fingerprint density at radius 2 is 2.00 bits per heavy atom. The first-order valence-electron chi connectivity index (χ1n) is 9.19. The molecule has 2 atom stereocenters. The lowest BCUT2D eigenvalue weighted by Gasteiger charge is -2.43. The Labute approximate surface area is 165 Å². The summed E-state index contributed by atoms with van der Waals surface area (Å²) in [7, 11) is 0. The van der Waals surface area contributed by atoms with Crippen LogP contribution in [0.2, 0.25) is 0 Å². The van der Waals surface area contributed by atoms with Gasteiger partial charge in [0.05, 0.1) is 10.7 Å². The van der Waals surface area contributed by atoms with Crippen LogP contribution in [0.4, 0.5) is 5.69 Å². The first-order chi connectivity index (χ1) is 12.1. The lowest BCUT2D eigenvalue weighted by molar-refractivity contribution is -0.122. The fourth-order valence-electron chi connectivity index (χ4n) is 4.50. The van der Waals surface area contributed by atoms with Gasteiger partial charge >= 0.3 is 0 Å². The molecule has 1 heterocycles. The molecule has 2 aromatic rings. The van der Waals surface area contributed by atoms with E-state index in [9.17, 15) is 4.79 Å². The average molecular weight is 392 g/mol. The van der Waals surface area contributed by atoms with Gasteiger partial charge in [-0.1, -0.05) is 18.6 Å². The standard InChI is InChI=1S/C20H25N3OS.ClH/c1-12-22-18(11-25-12)13-4-3-7-17(10-13)23-20(24)16-8-14-5-2-6-15(9-16)19(14)21;/h3-4,7,10-11,14-16,19H,2,5-6,8-9,21H2,1H3,(H,23,24);1H. The summed E-state index contributed by atoms with van der Waals surface area (Å²) in [6.07, 6.45) is 5.51. The maximum Gasteiger partial charge on any atom is 0.227 e. The Morgan fingerprint density at radius 1 is 1.27 bits per heavy atom. The molecule has 1 amide bonds. The van der Waals surface area contributed by atoms with Gasteiger partial charge in [0, 0.05) is 28.6 Å². The summed E-state index contributed by atoms with van der Waals surface area (Å²) >= 11 is 1.64. The number of nitrogens with zero attached hydrogens (tertiary/aromatic N) is 1. The normalized spacial score (nSPS) is 27.5. The molecule has 4 nitrogen and oxygen atoms in total. The third kappa shape index (κ3) is 3.95. The highest BCUT2D eigenvalue weighted by Gasteiger charge is 2.40.